The maximum absolute atomic E-state index is 13.3. The van der Waals surface area contributed by atoms with E-state index in [0.29, 0.717) is 21.2 Å². The number of carbonyl (C=O) groups excluding carboxylic acids is 1. The number of aromatic nitrogens is 2. The third-order valence-corrected chi connectivity index (χ3v) is 5.60. The van der Waals surface area contributed by atoms with E-state index in [0.717, 1.165) is 0 Å². The molecule has 0 fully saturated rings. The zero-order valence-corrected chi connectivity index (χ0v) is 22.2. The summed E-state index contributed by atoms with van der Waals surface area (Å²) in [5.41, 5.74) is -0.592. The largest absolute Gasteiger partial charge is 0.493 e. The minimum absolute atomic E-state index is 0.00496. The van der Waals surface area contributed by atoms with Gasteiger partial charge in [-0.25, -0.2) is 9.78 Å². The van der Waals surface area contributed by atoms with Crippen LogP contribution < -0.4 is 15.0 Å². The Balaban J connectivity index is 2.17. The van der Waals surface area contributed by atoms with Crippen molar-refractivity contribution in [2.75, 3.05) is 14.2 Å². The summed E-state index contributed by atoms with van der Waals surface area (Å²) < 4.78 is 17.3. The predicted molar refractivity (Wildman–Crippen MR) is 137 cm³/mol. The third kappa shape index (κ3) is 5.54. The van der Waals surface area contributed by atoms with E-state index in [-0.39, 0.29) is 17.1 Å². The molecule has 0 N–H and O–H groups in total. The molecule has 0 unspecified atom stereocenters. The quantitative estimate of drug-likeness (QED) is 0.181. The van der Waals surface area contributed by atoms with Crippen molar-refractivity contribution in [2.45, 2.75) is 39.2 Å². The van der Waals surface area contributed by atoms with Crippen molar-refractivity contribution < 1.29 is 23.9 Å². The summed E-state index contributed by atoms with van der Waals surface area (Å²) in [5, 5.41) is 16.5. The van der Waals surface area contributed by atoms with E-state index in [1.54, 1.807) is 18.2 Å². The van der Waals surface area contributed by atoms with Gasteiger partial charge in [-0.2, -0.15) is 9.78 Å². The second kappa shape index (κ2) is 10.4. The molecule has 0 saturated carbocycles. The van der Waals surface area contributed by atoms with Crippen molar-refractivity contribution in [3.05, 3.63) is 66.7 Å². The Morgan fingerprint density at radius 1 is 1.25 bits per heavy atom. The van der Waals surface area contributed by atoms with Crippen molar-refractivity contribution in [3.63, 3.8) is 0 Å². The second-order valence-corrected chi connectivity index (χ2v) is 9.74. The zero-order valence-electron chi connectivity index (χ0n) is 20.6. The molecule has 0 aliphatic rings. The number of carbonyl (C=O) groups is 1. The highest BCUT2D eigenvalue weighted by atomic mass is 79.9. The van der Waals surface area contributed by atoms with Crippen LogP contribution in [0.15, 0.2) is 44.7 Å². The van der Waals surface area contributed by atoms with Gasteiger partial charge in [0.1, 0.15) is 5.82 Å². The van der Waals surface area contributed by atoms with Crippen LogP contribution in [0.4, 0.5) is 5.69 Å². The van der Waals surface area contributed by atoms with Gasteiger partial charge in [0, 0.05) is 21.5 Å². The molecule has 1 atom stereocenters. The van der Waals surface area contributed by atoms with Crippen LogP contribution >= 0.6 is 15.9 Å². The molecule has 0 spiro atoms. The van der Waals surface area contributed by atoms with Crippen molar-refractivity contribution in [1.82, 2.24) is 9.66 Å². The summed E-state index contributed by atoms with van der Waals surface area (Å²) in [4.78, 5) is 40.9. The predicted octanol–water partition coefficient (Wildman–Crippen LogP) is 4.20. The topological polar surface area (TPSA) is 135 Å². The Kier molecular flexibility index (Phi) is 7.77. The number of fused-ring (bicyclic) bond motifs is 1. The fraction of sp³-hybridized carbons (Fsp3) is 0.333. The van der Waals surface area contributed by atoms with Gasteiger partial charge in [-0.05, 0) is 31.2 Å². The molecular formula is C24H25BrN4O7. The molecule has 0 amide bonds. The molecular weight excluding hydrogens is 536 g/mol. The Morgan fingerprint density at radius 3 is 2.53 bits per heavy atom. The number of hydrogen-bond acceptors (Lipinski definition) is 9. The first-order chi connectivity index (χ1) is 16.9. The Bertz CT molecular complexity index is 1430. The number of nitro groups is 1. The standard InChI is InChI=1S/C24H25BrN4O7/c1-13(22(31)35-6)36-20-18(29(32)33)9-14(10-19(20)34-5)12-26-28-21(30)16-11-15(25)7-8-17(16)27-23(28)24(2,3)4/h7-13H,1-6H3/t13-/m0/s1. The van der Waals surface area contributed by atoms with Crippen LogP contribution in [0.25, 0.3) is 10.9 Å². The van der Waals surface area contributed by atoms with Crippen molar-refractivity contribution in [2.24, 2.45) is 5.10 Å². The molecule has 12 heteroatoms. The maximum atomic E-state index is 13.3. The van der Waals surface area contributed by atoms with Crippen LogP contribution in [0, 0.1) is 10.1 Å². The van der Waals surface area contributed by atoms with E-state index in [1.165, 1.54) is 44.2 Å². The summed E-state index contributed by atoms with van der Waals surface area (Å²) >= 11 is 3.37. The fourth-order valence-electron chi connectivity index (χ4n) is 3.35. The van der Waals surface area contributed by atoms with E-state index in [9.17, 15) is 19.7 Å². The van der Waals surface area contributed by atoms with E-state index in [4.69, 9.17) is 9.47 Å². The average Bonchev–Trinajstić information content (AvgIpc) is 2.82. The number of nitrogens with zero attached hydrogens (tertiary/aromatic N) is 4. The van der Waals surface area contributed by atoms with Gasteiger partial charge in [-0.1, -0.05) is 36.7 Å². The van der Waals surface area contributed by atoms with Crippen molar-refractivity contribution in [1.29, 1.82) is 0 Å². The summed E-state index contributed by atoms with van der Waals surface area (Å²) in [5.74, 6) is -0.527. The molecule has 0 aliphatic heterocycles. The lowest BCUT2D eigenvalue weighted by molar-refractivity contribution is -0.386. The van der Waals surface area contributed by atoms with E-state index >= 15 is 0 Å². The highest BCUT2D eigenvalue weighted by molar-refractivity contribution is 9.10. The van der Waals surface area contributed by atoms with Gasteiger partial charge in [0.25, 0.3) is 5.56 Å². The Hall–Kier alpha value is -3.80. The smallest absolute Gasteiger partial charge is 0.346 e. The average molecular weight is 561 g/mol. The number of rotatable bonds is 7. The van der Waals surface area contributed by atoms with E-state index in [2.05, 4.69) is 30.8 Å². The summed E-state index contributed by atoms with van der Waals surface area (Å²) in [6.45, 7) is 7.09. The fourth-order valence-corrected chi connectivity index (χ4v) is 3.71. The highest BCUT2D eigenvalue weighted by Gasteiger charge is 2.27. The lowest BCUT2D eigenvalue weighted by Gasteiger charge is -2.21. The number of halogens is 1. The number of benzene rings is 2. The molecule has 11 nitrogen and oxygen atoms in total. The molecule has 190 valence electrons. The van der Waals surface area contributed by atoms with Gasteiger partial charge < -0.3 is 14.2 Å². The monoisotopic (exact) mass is 560 g/mol. The molecule has 0 radical (unpaired) electrons. The number of hydrogen-bond donors (Lipinski definition) is 0. The molecule has 0 saturated heterocycles. The van der Waals surface area contributed by atoms with Crippen LogP contribution in [-0.2, 0) is 14.9 Å². The summed E-state index contributed by atoms with van der Waals surface area (Å²) in [6.07, 6.45) is 0.184. The lowest BCUT2D eigenvalue weighted by Crippen LogP contribution is -2.29. The number of methoxy groups -OCH3 is 2. The van der Waals surface area contributed by atoms with Crippen molar-refractivity contribution >= 4 is 44.7 Å². The lowest BCUT2D eigenvalue weighted by atomic mass is 9.95. The minimum Gasteiger partial charge on any atom is -0.493 e. The van der Waals surface area contributed by atoms with Crippen LogP contribution in [0.3, 0.4) is 0 Å². The Morgan fingerprint density at radius 2 is 1.94 bits per heavy atom. The molecule has 1 aromatic heterocycles. The van der Waals surface area contributed by atoms with Crippen LogP contribution in [0.2, 0.25) is 0 Å². The maximum Gasteiger partial charge on any atom is 0.346 e. The zero-order chi connectivity index (χ0) is 26.8. The first-order valence-electron chi connectivity index (χ1n) is 10.8. The summed E-state index contributed by atoms with van der Waals surface area (Å²) in [7, 11) is 2.49. The molecule has 3 rings (SSSR count). The minimum atomic E-state index is -1.11. The van der Waals surface area contributed by atoms with E-state index in [1.807, 2.05) is 20.8 Å². The number of nitro benzene ring substituents is 1. The third-order valence-electron chi connectivity index (χ3n) is 5.10. The van der Waals surface area contributed by atoms with Crippen LogP contribution in [0.1, 0.15) is 39.1 Å². The summed E-state index contributed by atoms with van der Waals surface area (Å²) in [6, 6.07) is 7.85. The van der Waals surface area contributed by atoms with Gasteiger partial charge in [0.05, 0.1) is 36.3 Å². The SMILES string of the molecule is COC(=O)[C@H](C)Oc1c(OC)cc(C=Nn2c(C(C)(C)C)nc3ccc(Br)cc3c2=O)cc1[N+](=O)[O-]. The molecule has 0 bridgehead atoms. The normalized spacial score (nSPS) is 12.5. The molecule has 2 aromatic carbocycles. The van der Waals surface area contributed by atoms with Gasteiger partial charge in [0.15, 0.2) is 11.9 Å². The van der Waals surface area contributed by atoms with E-state index < -0.39 is 33.7 Å². The molecule has 1 heterocycles. The molecule has 0 aliphatic carbocycles. The van der Waals surface area contributed by atoms with Gasteiger partial charge >= 0.3 is 11.7 Å². The van der Waals surface area contributed by atoms with Gasteiger partial charge in [0.2, 0.25) is 5.75 Å². The molecule has 3 aromatic rings. The first-order valence-corrected chi connectivity index (χ1v) is 11.5. The van der Waals surface area contributed by atoms with Gasteiger partial charge in [-0.15, -0.1) is 0 Å². The van der Waals surface area contributed by atoms with Gasteiger partial charge in [-0.3, -0.25) is 14.9 Å². The van der Waals surface area contributed by atoms with Crippen LogP contribution in [-0.4, -0.2) is 47.1 Å². The first kappa shape index (κ1) is 26.8. The number of esters is 1. The van der Waals surface area contributed by atoms with Crippen molar-refractivity contribution in [3.8, 4) is 11.5 Å². The number of ether oxygens (including phenoxy) is 3. The highest BCUT2D eigenvalue weighted by Crippen LogP contribution is 2.38. The van der Waals surface area contributed by atoms with Crippen LogP contribution in [0.5, 0.6) is 11.5 Å². The second-order valence-electron chi connectivity index (χ2n) is 8.82. The Labute approximate surface area is 215 Å². The molecule has 36 heavy (non-hydrogen) atoms.